The van der Waals surface area contributed by atoms with E-state index >= 15 is 0 Å². The lowest BCUT2D eigenvalue weighted by molar-refractivity contribution is 0.480. The van der Waals surface area contributed by atoms with Gasteiger partial charge in [0.05, 0.1) is 17.2 Å². The third-order valence-electron chi connectivity index (χ3n) is 4.29. The number of aromatic hydroxyl groups is 1. The van der Waals surface area contributed by atoms with Crippen LogP contribution in [-0.2, 0) is 0 Å². The maximum Gasteiger partial charge on any atom is 0.269 e. The summed E-state index contributed by atoms with van der Waals surface area (Å²) in [4.78, 5) is 17.8. The molecule has 2 N–H and O–H groups in total. The zero-order valence-electron chi connectivity index (χ0n) is 12.6. The number of rotatable bonds is 2. The molecule has 23 heavy (non-hydrogen) atoms. The molecule has 1 aliphatic heterocycles. The van der Waals surface area contributed by atoms with Crippen molar-refractivity contribution in [2.24, 2.45) is 0 Å². The number of nitrogens with zero attached hydrogens (tertiary/aromatic N) is 2. The summed E-state index contributed by atoms with van der Waals surface area (Å²) in [6.45, 7) is 0.924. The van der Waals surface area contributed by atoms with E-state index in [4.69, 9.17) is 4.98 Å². The van der Waals surface area contributed by atoms with Crippen LogP contribution in [0.5, 0.6) is 5.75 Å². The van der Waals surface area contributed by atoms with Crippen molar-refractivity contribution in [2.75, 3.05) is 6.54 Å². The van der Waals surface area contributed by atoms with Gasteiger partial charge in [-0.3, -0.25) is 9.36 Å². The molecule has 1 aliphatic rings. The van der Waals surface area contributed by atoms with Crippen molar-refractivity contribution in [1.82, 2.24) is 14.9 Å². The van der Waals surface area contributed by atoms with E-state index in [1.165, 1.54) is 6.07 Å². The Balaban J connectivity index is 2.08. The van der Waals surface area contributed by atoms with Crippen LogP contribution < -0.4 is 10.9 Å². The minimum atomic E-state index is -0.233. The number of para-hydroxylation sites is 1. The standard InChI is InChI=1S/C18H17N3O2/c22-15-10-4-8-13-16(15)18(23)21(12-6-2-1-3-7-12)17(20-13)14-9-5-11-19-14/h1-4,6-8,10,14,19,22H,5,9,11H2. The predicted molar refractivity (Wildman–Crippen MR) is 89.0 cm³/mol. The molecule has 0 radical (unpaired) electrons. The average molecular weight is 307 g/mol. The number of hydrogen-bond donors (Lipinski definition) is 2. The van der Waals surface area contributed by atoms with Gasteiger partial charge in [0.15, 0.2) is 0 Å². The van der Waals surface area contributed by atoms with Gasteiger partial charge in [0.2, 0.25) is 0 Å². The molecule has 3 aromatic rings. The molecule has 0 amide bonds. The topological polar surface area (TPSA) is 67.2 Å². The number of aromatic nitrogens is 2. The van der Waals surface area contributed by atoms with Crippen LogP contribution in [-0.4, -0.2) is 21.2 Å². The van der Waals surface area contributed by atoms with Gasteiger partial charge in [-0.05, 0) is 43.7 Å². The monoisotopic (exact) mass is 307 g/mol. The smallest absolute Gasteiger partial charge is 0.269 e. The molecule has 4 rings (SSSR count). The summed E-state index contributed by atoms with van der Waals surface area (Å²) >= 11 is 0. The van der Waals surface area contributed by atoms with Gasteiger partial charge < -0.3 is 10.4 Å². The Bertz CT molecular complexity index is 913. The Hall–Kier alpha value is -2.66. The molecular formula is C18H17N3O2. The van der Waals surface area contributed by atoms with Crippen LogP contribution in [0.3, 0.4) is 0 Å². The second-order valence-corrected chi connectivity index (χ2v) is 5.77. The Labute approximate surface area is 133 Å². The Morgan fingerprint density at radius 2 is 1.96 bits per heavy atom. The van der Waals surface area contributed by atoms with Gasteiger partial charge in [-0.25, -0.2) is 4.98 Å². The molecule has 0 bridgehead atoms. The first-order valence-corrected chi connectivity index (χ1v) is 7.79. The van der Waals surface area contributed by atoms with Gasteiger partial charge in [-0.15, -0.1) is 0 Å². The summed E-state index contributed by atoms with van der Waals surface area (Å²) in [6, 6.07) is 14.5. The van der Waals surface area contributed by atoms with Crippen LogP contribution >= 0.6 is 0 Å². The summed E-state index contributed by atoms with van der Waals surface area (Å²) in [7, 11) is 0. The minimum Gasteiger partial charge on any atom is -0.507 e. The molecule has 0 spiro atoms. The Morgan fingerprint density at radius 1 is 1.13 bits per heavy atom. The van der Waals surface area contributed by atoms with E-state index in [9.17, 15) is 9.90 Å². The molecule has 116 valence electrons. The van der Waals surface area contributed by atoms with E-state index in [0.29, 0.717) is 11.3 Å². The molecule has 5 nitrogen and oxygen atoms in total. The third kappa shape index (κ3) is 2.29. The van der Waals surface area contributed by atoms with Gasteiger partial charge in [0.25, 0.3) is 5.56 Å². The van der Waals surface area contributed by atoms with Crippen LogP contribution in [0.4, 0.5) is 0 Å². The number of hydrogen-bond acceptors (Lipinski definition) is 4. The van der Waals surface area contributed by atoms with Crippen LogP contribution in [0, 0.1) is 0 Å². The lowest BCUT2D eigenvalue weighted by Crippen LogP contribution is -2.28. The van der Waals surface area contributed by atoms with Gasteiger partial charge in [0.1, 0.15) is 17.0 Å². The summed E-state index contributed by atoms with van der Waals surface area (Å²) < 4.78 is 1.62. The van der Waals surface area contributed by atoms with E-state index in [-0.39, 0.29) is 22.7 Å². The van der Waals surface area contributed by atoms with Crippen molar-refractivity contribution in [2.45, 2.75) is 18.9 Å². The molecule has 0 saturated carbocycles. The van der Waals surface area contributed by atoms with Crippen LogP contribution in [0.15, 0.2) is 53.3 Å². The molecule has 1 aromatic heterocycles. The van der Waals surface area contributed by atoms with Crippen molar-refractivity contribution in [3.05, 3.63) is 64.7 Å². The van der Waals surface area contributed by atoms with E-state index in [1.54, 1.807) is 16.7 Å². The highest BCUT2D eigenvalue weighted by atomic mass is 16.3. The lowest BCUT2D eigenvalue weighted by Gasteiger charge is -2.18. The largest absolute Gasteiger partial charge is 0.507 e. The van der Waals surface area contributed by atoms with Gasteiger partial charge in [-0.1, -0.05) is 24.3 Å². The number of benzene rings is 2. The van der Waals surface area contributed by atoms with Gasteiger partial charge >= 0.3 is 0 Å². The second-order valence-electron chi connectivity index (χ2n) is 5.77. The second kappa shape index (κ2) is 5.52. The summed E-state index contributed by atoms with van der Waals surface area (Å²) in [6.07, 6.45) is 2.01. The number of nitrogens with one attached hydrogen (secondary N) is 1. The van der Waals surface area contributed by atoms with E-state index in [1.807, 2.05) is 30.3 Å². The first kappa shape index (κ1) is 14.0. The Kier molecular flexibility index (Phi) is 3.35. The molecule has 1 unspecified atom stereocenters. The summed E-state index contributed by atoms with van der Waals surface area (Å²) in [5, 5.41) is 13.8. The number of phenols is 1. The fraction of sp³-hybridized carbons (Fsp3) is 0.222. The maximum absolute atomic E-state index is 13.1. The molecule has 5 heteroatoms. The highest BCUT2D eigenvalue weighted by Gasteiger charge is 2.24. The van der Waals surface area contributed by atoms with Crippen LogP contribution in [0.25, 0.3) is 16.6 Å². The fourth-order valence-electron chi connectivity index (χ4n) is 3.20. The van der Waals surface area contributed by atoms with Gasteiger partial charge in [0, 0.05) is 0 Å². The molecule has 2 aromatic carbocycles. The highest BCUT2D eigenvalue weighted by molar-refractivity contribution is 5.84. The maximum atomic E-state index is 13.1. The highest BCUT2D eigenvalue weighted by Crippen LogP contribution is 2.26. The van der Waals surface area contributed by atoms with Crippen molar-refractivity contribution in [3.63, 3.8) is 0 Å². The molecule has 1 fully saturated rings. The van der Waals surface area contributed by atoms with E-state index in [0.717, 1.165) is 25.1 Å². The minimum absolute atomic E-state index is 0.0318. The third-order valence-corrected chi connectivity index (χ3v) is 4.29. The first-order valence-electron chi connectivity index (χ1n) is 7.79. The zero-order chi connectivity index (χ0) is 15.8. The predicted octanol–water partition coefficient (Wildman–Crippen LogP) is 2.52. The summed E-state index contributed by atoms with van der Waals surface area (Å²) in [5.74, 6) is 0.674. The number of fused-ring (bicyclic) bond motifs is 1. The zero-order valence-corrected chi connectivity index (χ0v) is 12.6. The molecule has 2 heterocycles. The van der Waals surface area contributed by atoms with E-state index in [2.05, 4.69) is 5.32 Å². The number of phenolic OH excluding ortho intramolecular Hbond substituents is 1. The van der Waals surface area contributed by atoms with Crippen molar-refractivity contribution >= 4 is 10.9 Å². The Morgan fingerprint density at radius 3 is 2.70 bits per heavy atom. The molecule has 1 atom stereocenters. The quantitative estimate of drug-likeness (QED) is 0.763. The molecular weight excluding hydrogens is 290 g/mol. The molecule has 0 aliphatic carbocycles. The normalized spacial score (nSPS) is 17.7. The van der Waals surface area contributed by atoms with Crippen molar-refractivity contribution in [3.8, 4) is 11.4 Å². The molecule has 1 saturated heterocycles. The van der Waals surface area contributed by atoms with Gasteiger partial charge in [-0.2, -0.15) is 0 Å². The van der Waals surface area contributed by atoms with Crippen LogP contribution in [0.1, 0.15) is 24.7 Å². The SMILES string of the molecule is O=c1c2c(O)cccc2nc(C2CCCN2)n1-c1ccccc1. The fourth-order valence-corrected chi connectivity index (χ4v) is 3.20. The van der Waals surface area contributed by atoms with Crippen molar-refractivity contribution < 1.29 is 5.11 Å². The first-order chi connectivity index (χ1) is 11.3. The summed E-state index contributed by atoms with van der Waals surface area (Å²) in [5.41, 5.74) is 1.06. The van der Waals surface area contributed by atoms with E-state index < -0.39 is 0 Å². The van der Waals surface area contributed by atoms with Crippen LogP contribution in [0.2, 0.25) is 0 Å². The lowest BCUT2D eigenvalue weighted by atomic mass is 10.1. The van der Waals surface area contributed by atoms with Crippen molar-refractivity contribution in [1.29, 1.82) is 0 Å². The average Bonchev–Trinajstić information content (AvgIpc) is 3.09.